The van der Waals surface area contributed by atoms with Gasteiger partial charge in [-0.05, 0) is 43.5 Å². The van der Waals surface area contributed by atoms with Gasteiger partial charge >= 0.3 is 0 Å². The lowest BCUT2D eigenvalue weighted by Crippen LogP contribution is -2.23. The zero-order valence-electron chi connectivity index (χ0n) is 13.7. The lowest BCUT2D eigenvalue weighted by Gasteiger charge is -2.17. The van der Waals surface area contributed by atoms with Gasteiger partial charge in [-0.25, -0.2) is 0 Å². The molecule has 0 aliphatic heterocycles. The summed E-state index contributed by atoms with van der Waals surface area (Å²) < 4.78 is 17.7. The molecule has 0 heterocycles. The third-order valence-corrected chi connectivity index (χ3v) is 4.78. The van der Waals surface area contributed by atoms with Crippen LogP contribution in [0, 0.1) is 5.92 Å². The van der Waals surface area contributed by atoms with Gasteiger partial charge < -0.3 is 10.1 Å². The average Bonchev–Trinajstić information content (AvgIpc) is 2.49. The fourth-order valence-corrected chi connectivity index (χ4v) is 3.63. The Morgan fingerprint density at radius 3 is 2.43 bits per heavy atom. The molecule has 0 aromatic heterocycles. The zero-order valence-corrected chi connectivity index (χ0v) is 14.5. The second-order valence-electron chi connectivity index (χ2n) is 5.75. The number of hydrogen-bond donors (Lipinski definition) is 1. The van der Waals surface area contributed by atoms with Crippen molar-refractivity contribution in [3.05, 3.63) is 29.8 Å². The van der Waals surface area contributed by atoms with Crippen LogP contribution in [0.3, 0.4) is 0 Å². The molecule has 2 atom stereocenters. The predicted octanol–water partition coefficient (Wildman–Crippen LogP) is 3.53. The fourth-order valence-electron chi connectivity index (χ4n) is 2.00. The van der Waals surface area contributed by atoms with E-state index in [1.54, 1.807) is 0 Å². The van der Waals surface area contributed by atoms with Crippen molar-refractivity contribution in [2.45, 2.75) is 39.7 Å². The number of benzene rings is 1. The van der Waals surface area contributed by atoms with E-state index in [4.69, 9.17) is 4.74 Å². The molecule has 3 nitrogen and oxygen atoms in total. The molecule has 0 aliphatic rings. The minimum Gasteiger partial charge on any atom is -0.494 e. The number of nitrogens with one attached hydrogen (secondary N) is 1. The van der Waals surface area contributed by atoms with E-state index < -0.39 is 10.8 Å². The smallest absolute Gasteiger partial charge is 0.119 e. The quantitative estimate of drug-likeness (QED) is 0.718. The van der Waals surface area contributed by atoms with Gasteiger partial charge in [0.25, 0.3) is 0 Å². The molecule has 1 aromatic carbocycles. The molecule has 4 heteroatoms. The first-order chi connectivity index (χ1) is 10.1. The first-order valence-electron chi connectivity index (χ1n) is 7.81. The molecular formula is C17H29NO2S. The summed E-state index contributed by atoms with van der Waals surface area (Å²) in [5, 5.41) is 3.27. The highest BCUT2D eigenvalue weighted by Crippen LogP contribution is 2.19. The summed E-state index contributed by atoms with van der Waals surface area (Å²) in [7, 11) is 1.15. The highest BCUT2D eigenvalue weighted by Gasteiger charge is 2.13. The lowest BCUT2D eigenvalue weighted by molar-refractivity contribution is 0.317. The van der Waals surface area contributed by atoms with Crippen LogP contribution >= 0.6 is 0 Å². The minimum absolute atomic E-state index is 0.137. The summed E-state index contributed by atoms with van der Waals surface area (Å²) in [4.78, 5) is 0. The molecule has 0 fully saturated rings. The van der Waals surface area contributed by atoms with E-state index in [1.165, 1.54) is 5.56 Å². The molecule has 0 saturated heterocycles. The van der Waals surface area contributed by atoms with E-state index in [0.717, 1.165) is 31.0 Å². The molecule has 0 bridgehead atoms. The summed E-state index contributed by atoms with van der Waals surface area (Å²) in [6, 6.07) is 8.24. The Balaban J connectivity index is 2.56. The Morgan fingerprint density at radius 2 is 1.90 bits per heavy atom. The second-order valence-corrected chi connectivity index (χ2v) is 7.37. The van der Waals surface area contributed by atoms with Gasteiger partial charge in [-0.2, -0.15) is 0 Å². The molecule has 120 valence electrons. The maximum atomic E-state index is 12.1. The average molecular weight is 311 g/mol. The molecular weight excluding hydrogens is 282 g/mol. The monoisotopic (exact) mass is 311 g/mol. The van der Waals surface area contributed by atoms with Crippen molar-refractivity contribution in [1.29, 1.82) is 0 Å². The van der Waals surface area contributed by atoms with Crippen molar-refractivity contribution in [3.63, 3.8) is 0 Å². The van der Waals surface area contributed by atoms with Crippen molar-refractivity contribution < 1.29 is 8.95 Å². The minimum atomic E-state index is -0.775. The zero-order chi connectivity index (χ0) is 15.7. The van der Waals surface area contributed by atoms with E-state index in [2.05, 4.69) is 38.2 Å². The van der Waals surface area contributed by atoms with Crippen molar-refractivity contribution in [2.75, 3.05) is 25.2 Å². The molecule has 0 aliphatic carbocycles. The maximum absolute atomic E-state index is 12.1. The topological polar surface area (TPSA) is 38.3 Å². The Kier molecular flexibility index (Phi) is 8.62. The molecule has 0 amide bonds. The van der Waals surface area contributed by atoms with Gasteiger partial charge in [-0.3, -0.25) is 4.21 Å². The highest BCUT2D eigenvalue weighted by atomic mass is 32.2. The Labute approximate surface area is 131 Å². The van der Waals surface area contributed by atoms with Gasteiger partial charge in [0, 0.05) is 28.3 Å². The first-order valence-corrected chi connectivity index (χ1v) is 9.30. The van der Waals surface area contributed by atoms with E-state index in [0.29, 0.717) is 11.7 Å². The Morgan fingerprint density at radius 1 is 1.24 bits per heavy atom. The largest absolute Gasteiger partial charge is 0.494 e. The van der Waals surface area contributed by atoms with Crippen LogP contribution in [0.4, 0.5) is 0 Å². The Bertz CT molecular complexity index is 417. The molecule has 0 radical (unpaired) electrons. The van der Waals surface area contributed by atoms with Gasteiger partial charge in [-0.15, -0.1) is 0 Å². The molecule has 21 heavy (non-hydrogen) atoms. The molecule has 2 unspecified atom stereocenters. The van der Waals surface area contributed by atoms with E-state index >= 15 is 0 Å². The van der Waals surface area contributed by atoms with Crippen molar-refractivity contribution >= 4 is 10.8 Å². The standard InChI is InChI=1S/C17H29NO2S/c1-5-11-20-16-8-6-15(7-9-16)17(18-4)13-21(19)12-10-14(2)3/h6-9,14,17-18H,5,10-13H2,1-4H3. The molecule has 0 spiro atoms. The van der Waals surface area contributed by atoms with Crippen LogP contribution in [0.25, 0.3) is 0 Å². The van der Waals surface area contributed by atoms with Crippen LogP contribution < -0.4 is 10.1 Å². The highest BCUT2D eigenvalue weighted by molar-refractivity contribution is 7.85. The van der Waals surface area contributed by atoms with Crippen LogP contribution in [0.5, 0.6) is 5.75 Å². The van der Waals surface area contributed by atoms with Crippen molar-refractivity contribution in [1.82, 2.24) is 5.32 Å². The van der Waals surface area contributed by atoms with Crippen LogP contribution in [-0.2, 0) is 10.8 Å². The van der Waals surface area contributed by atoms with E-state index in [9.17, 15) is 4.21 Å². The molecule has 1 aromatic rings. The summed E-state index contributed by atoms with van der Waals surface area (Å²) in [5.41, 5.74) is 1.17. The van der Waals surface area contributed by atoms with E-state index in [-0.39, 0.29) is 6.04 Å². The predicted molar refractivity (Wildman–Crippen MR) is 91.4 cm³/mol. The van der Waals surface area contributed by atoms with Crippen LogP contribution in [0.15, 0.2) is 24.3 Å². The van der Waals surface area contributed by atoms with Crippen LogP contribution in [0.2, 0.25) is 0 Å². The lowest BCUT2D eigenvalue weighted by atomic mass is 10.1. The molecule has 1 rings (SSSR count). The number of rotatable bonds is 10. The third-order valence-electron chi connectivity index (χ3n) is 3.38. The summed E-state index contributed by atoms with van der Waals surface area (Å²) in [5.74, 6) is 2.96. The van der Waals surface area contributed by atoms with Gasteiger partial charge in [0.2, 0.25) is 0 Å². The molecule has 0 saturated carbocycles. The second kappa shape index (κ2) is 9.96. The normalized spacial score (nSPS) is 14.1. The summed E-state index contributed by atoms with van der Waals surface area (Å²) in [6.07, 6.45) is 2.03. The fraction of sp³-hybridized carbons (Fsp3) is 0.647. The van der Waals surface area contributed by atoms with Gasteiger partial charge in [0.05, 0.1) is 6.61 Å². The summed E-state index contributed by atoms with van der Waals surface area (Å²) in [6.45, 7) is 7.18. The Hall–Kier alpha value is -0.870. The third kappa shape index (κ3) is 7.09. The van der Waals surface area contributed by atoms with Crippen LogP contribution in [-0.4, -0.2) is 29.4 Å². The van der Waals surface area contributed by atoms with E-state index in [1.807, 2.05) is 19.2 Å². The number of hydrogen-bond acceptors (Lipinski definition) is 3. The van der Waals surface area contributed by atoms with Gasteiger partial charge in [0.1, 0.15) is 5.75 Å². The van der Waals surface area contributed by atoms with Gasteiger partial charge in [0.15, 0.2) is 0 Å². The van der Waals surface area contributed by atoms with Gasteiger partial charge in [-0.1, -0.05) is 32.9 Å². The summed E-state index contributed by atoms with van der Waals surface area (Å²) >= 11 is 0. The van der Waals surface area contributed by atoms with Crippen molar-refractivity contribution in [3.8, 4) is 5.75 Å². The SMILES string of the molecule is CCCOc1ccc(C(CS(=O)CCC(C)C)NC)cc1. The van der Waals surface area contributed by atoms with Crippen LogP contribution in [0.1, 0.15) is 45.2 Å². The molecule has 1 N–H and O–H groups in total. The maximum Gasteiger partial charge on any atom is 0.119 e. The number of ether oxygens (including phenoxy) is 1. The van der Waals surface area contributed by atoms with Crippen molar-refractivity contribution in [2.24, 2.45) is 5.92 Å². The first kappa shape index (κ1) is 18.2.